The maximum Gasteiger partial charge on any atom is 0.326 e. The molecule has 17 heteroatoms. The molecule has 3 amide bonds. The highest BCUT2D eigenvalue weighted by Gasteiger charge is 2.45. The highest BCUT2D eigenvalue weighted by molar-refractivity contribution is 7.89. The molecule has 1 saturated heterocycles. The molecule has 1 fully saturated rings. The SMILES string of the molecule is CCOc1ccc(S(=O)(=O)NCOC)cc1C1=N[C@@H](c2ccc(Cl)cc2)[C@@H](c2ccc(Cl)cc2)N1C(=O)N1CCN(CC(=O)N(CCOC)CCOC)CC1. The van der Waals surface area contributed by atoms with E-state index < -0.39 is 22.1 Å². The summed E-state index contributed by atoms with van der Waals surface area (Å²) in [5, 5.41) is 1.07. The number of amidine groups is 1. The van der Waals surface area contributed by atoms with E-state index in [0.29, 0.717) is 73.8 Å². The number of nitrogens with zero attached hydrogens (tertiary/aromatic N) is 5. The molecule has 5 rings (SSSR count). The molecule has 55 heavy (non-hydrogen) atoms. The van der Waals surface area contributed by atoms with Gasteiger partial charge in [-0.15, -0.1) is 0 Å². The normalized spacial score (nSPS) is 17.7. The van der Waals surface area contributed by atoms with Crippen molar-refractivity contribution in [1.29, 1.82) is 0 Å². The average molecular weight is 820 g/mol. The minimum absolute atomic E-state index is 0.0466. The molecule has 1 N–H and O–H groups in total. The molecule has 14 nitrogen and oxygen atoms in total. The number of halogens is 2. The van der Waals surface area contributed by atoms with Gasteiger partial charge in [0, 0.05) is 70.6 Å². The summed E-state index contributed by atoms with van der Waals surface area (Å²) in [5.74, 6) is 0.544. The number of hydrogen-bond acceptors (Lipinski definition) is 10. The summed E-state index contributed by atoms with van der Waals surface area (Å²) in [5.41, 5.74) is 1.87. The van der Waals surface area contributed by atoms with E-state index in [-0.39, 0.29) is 42.6 Å². The Balaban J connectivity index is 1.54. The second-order valence-electron chi connectivity index (χ2n) is 12.9. The van der Waals surface area contributed by atoms with Gasteiger partial charge in [0.25, 0.3) is 0 Å². The van der Waals surface area contributed by atoms with Crippen LogP contribution in [-0.4, -0.2) is 139 Å². The van der Waals surface area contributed by atoms with E-state index in [1.165, 1.54) is 19.2 Å². The van der Waals surface area contributed by atoms with Gasteiger partial charge in [-0.3, -0.25) is 19.6 Å². The van der Waals surface area contributed by atoms with Gasteiger partial charge in [0.2, 0.25) is 15.9 Å². The number of piperazine rings is 1. The van der Waals surface area contributed by atoms with Crippen LogP contribution in [0.5, 0.6) is 5.75 Å². The highest BCUT2D eigenvalue weighted by atomic mass is 35.5. The highest BCUT2D eigenvalue weighted by Crippen LogP contribution is 2.45. The maximum atomic E-state index is 15.0. The summed E-state index contributed by atoms with van der Waals surface area (Å²) in [7, 11) is 0.556. The lowest BCUT2D eigenvalue weighted by atomic mass is 9.93. The lowest BCUT2D eigenvalue weighted by Gasteiger charge is -2.39. The topological polar surface area (TPSA) is 143 Å². The van der Waals surface area contributed by atoms with Gasteiger partial charge in [-0.1, -0.05) is 47.5 Å². The minimum atomic E-state index is -4.02. The smallest absolute Gasteiger partial charge is 0.326 e. The number of benzene rings is 3. The van der Waals surface area contributed by atoms with Gasteiger partial charge in [0.1, 0.15) is 24.4 Å². The third kappa shape index (κ3) is 10.5. The van der Waals surface area contributed by atoms with Crippen molar-refractivity contribution >= 4 is 51.0 Å². The molecular weight excluding hydrogens is 771 g/mol. The number of amides is 3. The number of methoxy groups -OCH3 is 3. The van der Waals surface area contributed by atoms with Gasteiger partial charge in [-0.2, -0.15) is 4.72 Å². The predicted octanol–water partition coefficient (Wildman–Crippen LogP) is 4.68. The van der Waals surface area contributed by atoms with Crippen LogP contribution in [0.2, 0.25) is 10.0 Å². The number of aliphatic imine (C=N–C) groups is 1. The van der Waals surface area contributed by atoms with E-state index in [2.05, 4.69) is 4.72 Å². The number of carbonyl (C=O) groups is 2. The molecule has 2 aliphatic rings. The second-order valence-corrected chi connectivity index (χ2v) is 15.5. The number of carbonyl (C=O) groups excluding carboxylic acids is 2. The van der Waals surface area contributed by atoms with Gasteiger partial charge in [0.15, 0.2) is 0 Å². The van der Waals surface area contributed by atoms with E-state index in [0.717, 1.165) is 11.1 Å². The minimum Gasteiger partial charge on any atom is -0.493 e. The quantitative estimate of drug-likeness (QED) is 0.192. The van der Waals surface area contributed by atoms with Crippen LogP contribution < -0.4 is 9.46 Å². The van der Waals surface area contributed by atoms with Crippen molar-refractivity contribution in [3.63, 3.8) is 0 Å². The Morgan fingerprint density at radius 2 is 1.45 bits per heavy atom. The molecule has 2 heterocycles. The number of rotatable bonds is 17. The molecule has 2 atom stereocenters. The summed E-state index contributed by atoms with van der Waals surface area (Å²) >= 11 is 12.6. The molecule has 0 bridgehead atoms. The molecule has 0 radical (unpaired) electrons. The zero-order valence-electron chi connectivity index (χ0n) is 31.4. The van der Waals surface area contributed by atoms with E-state index in [1.54, 1.807) is 59.3 Å². The monoisotopic (exact) mass is 818 g/mol. The van der Waals surface area contributed by atoms with Crippen molar-refractivity contribution in [3.8, 4) is 5.75 Å². The van der Waals surface area contributed by atoms with Gasteiger partial charge in [-0.25, -0.2) is 13.2 Å². The van der Waals surface area contributed by atoms with Crippen LogP contribution in [0, 0.1) is 0 Å². The zero-order chi connectivity index (χ0) is 39.5. The Morgan fingerprint density at radius 3 is 2.02 bits per heavy atom. The van der Waals surface area contributed by atoms with Crippen molar-refractivity contribution in [2.45, 2.75) is 23.9 Å². The Morgan fingerprint density at radius 1 is 0.855 bits per heavy atom. The largest absolute Gasteiger partial charge is 0.493 e. The van der Waals surface area contributed by atoms with Gasteiger partial charge in [-0.05, 0) is 60.5 Å². The number of sulfonamides is 1. The first-order valence-corrected chi connectivity index (χ1v) is 20.2. The summed E-state index contributed by atoms with van der Waals surface area (Å²) in [4.78, 5) is 40.6. The van der Waals surface area contributed by atoms with Gasteiger partial charge in [0.05, 0.1) is 42.9 Å². The second kappa shape index (κ2) is 19.9. The summed E-state index contributed by atoms with van der Waals surface area (Å²) in [6.07, 6.45) is 0. The maximum absolute atomic E-state index is 15.0. The lowest BCUT2D eigenvalue weighted by Crippen LogP contribution is -2.55. The summed E-state index contributed by atoms with van der Waals surface area (Å²) in [6, 6.07) is 17.3. The molecule has 0 aromatic heterocycles. The first-order valence-electron chi connectivity index (χ1n) is 17.9. The fraction of sp³-hybridized carbons (Fsp3) is 0.447. The Bertz CT molecular complexity index is 1890. The standard InChI is InChI=1S/C38H48Cl2N6O8S/c1-5-54-33-15-14-31(55(49,50)41-26-53-4)24-32(33)37-42-35(27-6-10-29(39)11-7-27)36(28-8-12-30(40)13-9-28)46(37)38(48)45-18-16-43(17-19-45)25-34(47)44(20-22-51-2)21-23-52-3/h6-15,24,35-36,41H,5,16-23,25-26H2,1-4H3/t35-,36+/m0/s1. The van der Waals surface area contributed by atoms with Gasteiger partial charge >= 0.3 is 6.03 Å². The van der Waals surface area contributed by atoms with E-state index in [1.807, 2.05) is 36.1 Å². The predicted molar refractivity (Wildman–Crippen MR) is 210 cm³/mol. The Hall–Kier alpha value is -3.80. The van der Waals surface area contributed by atoms with E-state index in [4.69, 9.17) is 47.1 Å². The lowest BCUT2D eigenvalue weighted by molar-refractivity contribution is -0.134. The molecular formula is C38H48Cl2N6O8S. The molecule has 3 aromatic rings. The third-order valence-electron chi connectivity index (χ3n) is 9.38. The fourth-order valence-electron chi connectivity index (χ4n) is 6.51. The van der Waals surface area contributed by atoms with E-state index >= 15 is 4.79 Å². The summed E-state index contributed by atoms with van der Waals surface area (Å²) in [6.45, 7) is 5.34. The molecule has 298 valence electrons. The Labute approximate surface area is 332 Å². The molecule has 0 aliphatic carbocycles. The summed E-state index contributed by atoms with van der Waals surface area (Å²) < 4.78 is 50.5. The van der Waals surface area contributed by atoms with Crippen molar-refractivity contribution in [3.05, 3.63) is 93.5 Å². The molecule has 0 spiro atoms. The van der Waals surface area contributed by atoms with Gasteiger partial charge < -0.3 is 28.7 Å². The van der Waals surface area contributed by atoms with Crippen molar-refractivity contribution in [2.75, 3.05) is 93.7 Å². The van der Waals surface area contributed by atoms with Crippen LogP contribution in [0.25, 0.3) is 0 Å². The zero-order valence-corrected chi connectivity index (χ0v) is 33.8. The number of urea groups is 1. The first-order chi connectivity index (χ1) is 26.5. The van der Waals surface area contributed by atoms with Crippen LogP contribution >= 0.6 is 23.2 Å². The first kappa shape index (κ1) is 42.3. The van der Waals surface area contributed by atoms with Crippen LogP contribution in [0.15, 0.2) is 76.6 Å². The van der Waals surface area contributed by atoms with Crippen molar-refractivity contribution < 1.29 is 37.0 Å². The van der Waals surface area contributed by atoms with Crippen molar-refractivity contribution in [2.24, 2.45) is 4.99 Å². The molecule has 0 unspecified atom stereocenters. The van der Waals surface area contributed by atoms with Crippen LogP contribution in [0.3, 0.4) is 0 Å². The fourth-order valence-corrected chi connectivity index (χ4v) is 7.72. The molecule has 2 aliphatic heterocycles. The Kier molecular flexibility index (Phi) is 15.3. The third-order valence-corrected chi connectivity index (χ3v) is 11.3. The van der Waals surface area contributed by atoms with Crippen LogP contribution in [0.4, 0.5) is 4.79 Å². The molecule has 3 aromatic carbocycles. The number of hydrogen-bond donors (Lipinski definition) is 1. The van der Waals surface area contributed by atoms with Crippen LogP contribution in [0.1, 0.15) is 35.7 Å². The molecule has 0 saturated carbocycles. The van der Waals surface area contributed by atoms with Crippen LogP contribution in [-0.2, 0) is 29.0 Å². The number of nitrogens with one attached hydrogen (secondary N) is 1. The van der Waals surface area contributed by atoms with E-state index in [9.17, 15) is 13.2 Å². The average Bonchev–Trinajstić information content (AvgIpc) is 3.58. The van der Waals surface area contributed by atoms with Crippen molar-refractivity contribution in [1.82, 2.24) is 24.3 Å². The number of ether oxygens (including phenoxy) is 4.